The Morgan fingerprint density at radius 1 is 1.33 bits per heavy atom. The molecule has 0 spiro atoms. The molecule has 0 bridgehead atoms. The van der Waals surface area contributed by atoms with Gasteiger partial charge in [-0.15, -0.1) is 0 Å². The molecule has 0 aliphatic heterocycles. The lowest BCUT2D eigenvalue weighted by atomic mass is 9.97. The highest BCUT2D eigenvalue weighted by atomic mass is 14.2. The van der Waals surface area contributed by atoms with Gasteiger partial charge in [-0.2, -0.15) is 0 Å². The molecule has 1 atom stereocenters. The van der Waals surface area contributed by atoms with Crippen molar-refractivity contribution in [2.24, 2.45) is 5.92 Å². The molecule has 9 heavy (non-hydrogen) atoms. The molecule has 0 aromatic carbocycles. The summed E-state index contributed by atoms with van der Waals surface area (Å²) in [5.74, 6) is 0.704. The SMILES string of the molecule is [CH]1C=C2C=CC=CC2C1. The van der Waals surface area contributed by atoms with Crippen LogP contribution in [0, 0.1) is 12.3 Å². The molecule has 1 radical (unpaired) electrons. The fourth-order valence-corrected chi connectivity index (χ4v) is 1.34. The van der Waals surface area contributed by atoms with Crippen molar-refractivity contribution in [3.05, 3.63) is 42.4 Å². The lowest BCUT2D eigenvalue weighted by Crippen LogP contribution is -1.94. The lowest BCUT2D eigenvalue weighted by molar-refractivity contribution is 0.809. The van der Waals surface area contributed by atoms with Crippen LogP contribution in [-0.2, 0) is 0 Å². The van der Waals surface area contributed by atoms with Gasteiger partial charge in [0.05, 0.1) is 0 Å². The van der Waals surface area contributed by atoms with Gasteiger partial charge in [0.2, 0.25) is 0 Å². The van der Waals surface area contributed by atoms with E-state index in [4.69, 9.17) is 0 Å². The Labute approximate surface area is 55.6 Å². The van der Waals surface area contributed by atoms with Gasteiger partial charge in [-0.25, -0.2) is 0 Å². The second-order valence-corrected chi connectivity index (χ2v) is 2.49. The van der Waals surface area contributed by atoms with Crippen LogP contribution in [0.1, 0.15) is 6.42 Å². The van der Waals surface area contributed by atoms with E-state index in [1.165, 1.54) is 12.0 Å². The van der Waals surface area contributed by atoms with Gasteiger partial charge in [0.25, 0.3) is 0 Å². The van der Waals surface area contributed by atoms with Crippen LogP contribution in [0.4, 0.5) is 0 Å². The molecular weight excluding hydrogens is 108 g/mol. The highest BCUT2D eigenvalue weighted by Crippen LogP contribution is 2.29. The third-order valence-electron chi connectivity index (χ3n) is 1.87. The van der Waals surface area contributed by atoms with Gasteiger partial charge >= 0.3 is 0 Å². The van der Waals surface area contributed by atoms with E-state index in [2.05, 4.69) is 36.8 Å². The Hall–Kier alpha value is -0.780. The van der Waals surface area contributed by atoms with Crippen LogP contribution in [0.15, 0.2) is 36.0 Å². The first-order valence-corrected chi connectivity index (χ1v) is 3.35. The molecule has 0 nitrogen and oxygen atoms in total. The van der Waals surface area contributed by atoms with Gasteiger partial charge in [0.1, 0.15) is 0 Å². The third kappa shape index (κ3) is 0.748. The van der Waals surface area contributed by atoms with Gasteiger partial charge in [-0.05, 0) is 18.4 Å². The molecule has 0 saturated heterocycles. The molecule has 0 fully saturated rings. The van der Waals surface area contributed by atoms with Crippen molar-refractivity contribution in [1.82, 2.24) is 0 Å². The molecule has 0 N–H and O–H groups in total. The molecule has 2 rings (SSSR count). The van der Waals surface area contributed by atoms with E-state index in [0.717, 1.165) is 0 Å². The molecule has 45 valence electrons. The van der Waals surface area contributed by atoms with Gasteiger partial charge in [0.15, 0.2) is 0 Å². The Morgan fingerprint density at radius 3 is 3.22 bits per heavy atom. The van der Waals surface area contributed by atoms with E-state index in [1.807, 2.05) is 0 Å². The molecule has 0 saturated carbocycles. The second kappa shape index (κ2) is 1.87. The normalized spacial score (nSPS) is 30.2. The van der Waals surface area contributed by atoms with E-state index in [1.54, 1.807) is 0 Å². The van der Waals surface area contributed by atoms with Crippen LogP contribution >= 0.6 is 0 Å². The predicted molar refractivity (Wildman–Crippen MR) is 38.8 cm³/mol. The molecule has 2 aliphatic carbocycles. The zero-order chi connectivity index (χ0) is 6.10. The first-order valence-electron chi connectivity index (χ1n) is 3.35. The van der Waals surface area contributed by atoms with Crippen molar-refractivity contribution in [3.8, 4) is 0 Å². The minimum Gasteiger partial charge on any atom is -0.0770 e. The zero-order valence-electron chi connectivity index (χ0n) is 5.25. The number of rotatable bonds is 0. The quantitative estimate of drug-likeness (QED) is 0.456. The van der Waals surface area contributed by atoms with Crippen LogP contribution in [0.25, 0.3) is 0 Å². The molecular formula is C9H9. The summed E-state index contributed by atoms with van der Waals surface area (Å²) in [4.78, 5) is 0. The van der Waals surface area contributed by atoms with Crippen molar-refractivity contribution < 1.29 is 0 Å². The standard InChI is InChI=1S/C9H9/c1-2-5-9-7-3-6-8(9)4-1/h1-6,9H,7H2. The van der Waals surface area contributed by atoms with Crippen molar-refractivity contribution >= 4 is 0 Å². The summed E-state index contributed by atoms with van der Waals surface area (Å²) in [6.07, 6.45) is 14.3. The number of allylic oxidation sites excluding steroid dienone is 6. The largest absolute Gasteiger partial charge is 0.0770 e. The monoisotopic (exact) mass is 117 g/mol. The van der Waals surface area contributed by atoms with Crippen molar-refractivity contribution in [1.29, 1.82) is 0 Å². The average molecular weight is 117 g/mol. The molecule has 0 aromatic rings. The lowest BCUT2D eigenvalue weighted by Gasteiger charge is -2.07. The van der Waals surface area contributed by atoms with E-state index < -0.39 is 0 Å². The Bertz CT molecular complexity index is 191. The van der Waals surface area contributed by atoms with Crippen LogP contribution in [-0.4, -0.2) is 0 Å². The molecule has 0 amide bonds. The Kier molecular flexibility index (Phi) is 1.05. The average Bonchev–Trinajstić information content (AvgIpc) is 2.33. The van der Waals surface area contributed by atoms with Crippen LogP contribution in [0.3, 0.4) is 0 Å². The fourth-order valence-electron chi connectivity index (χ4n) is 1.34. The summed E-state index contributed by atoms with van der Waals surface area (Å²) < 4.78 is 0. The first-order chi connectivity index (χ1) is 4.47. The van der Waals surface area contributed by atoms with Crippen LogP contribution in [0.2, 0.25) is 0 Å². The number of fused-ring (bicyclic) bond motifs is 1. The van der Waals surface area contributed by atoms with Gasteiger partial charge in [-0.1, -0.05) is 30.4 Å². The number of hydrogen-bond donors (Lipinski definition) is 0. The summed E-state index contributed by atoms with van der Waals surface area (Å²) in [6.45, 7) is 0. The molecule has 0 heteroatoms. The molecule has 0 aromatic heterocycles. The molecule has 1 unspecified atom stereocenters. The maximum Gasteiger partial charge on any atom is 0.00238 e. The topological polar surface area (TPSA) is 0 Å². The summed E-state index contributed by atoms with van der Waals surface area (Å²) in [5.41, 5.74) is 1.47. The highest BCUT2D eigenvalue weighted by Gasteiger charge is 2.14. The third-order valence-corrected chi connectivity index (χ3v) is 1.87. The van der Waals surface area contributed by atoms with Crippen LogP contribution in [0.5, 0.6) is 0 Å². The van der Waals surface area contributed by atoms with Crippen molar-refractivity contribution in [2.45, 2.75) is 6.42 Å². The Balaban J connectivity index is 2.33. The predicted octanol–water partition coefficient (Wildman–Crippen LogP) is 2.26. The van der Waals surface area contributed by atoms with Crippen molar-refractivity contribution in [2.75, 3.05) is 0 Å². The van der Waals surface area contributed by atoms with E-state index >= 15 is 0 Å². The van der Waals surface area contributed by atoms with E-state index in [-0.39, 0.29) is 0 Å². The maximum atomic E-state index is 2.26. The summed E-state index contributed by atoms with van der Waals surface area (Å²) in [7, 11) is 0. The molecule has 0 heterocycles. The zero-order valence-corrected chi connectivity index (χ0v) is 5.25. The smallest absolute Gasteiger partial charge is 0.00238 e. The van der Waals surface area contributed by atoms with Gasteiger partial charge in [-0.3, -0.25) is 0 Å². The highest BCUT2D eigenvalue weighted by molar-refractivity contribution is 5.38. The second-order valence-electron chi connectivity index (χ2n) is 2.49. The Morgan fingerprint density at radius 2 is 2.33 bits per heavy atom. The van der Waals surface area contributed by atoms with E-state index in [9.17, 15) is 0 Å². The van der Waals surface area contributed by atoms with Crippen LogP contribution < -0.4 is 0 Å². The molecule has 2 aliphatic rings. The summed E-state index contributed by atoms with van der Waals surface area (Å²) in [5, 5.41) is 0. The van der Waals surface area contributed by atoms with E-state index in [0.29, 0.717) is 5.92 Å². The van der Waals surface area contributed by atoms with Gasteiger partial charge < -0.3 is 0 Å². The summed E-state index contributed by atoms with van der Waals surface area (Å²) >= 11 is 0. The maximum absolute atomic E-state index is 2.26. The van der Waals surface area contributed by atoms with Crippen molar-refractivity contribution in [3.63, 3.8) is 0 Å². The minimum atomic E-state index is 0.704. The number of hydrogen-bond acceptors (Lipinski definition) is 0. The summed E-state index contributed by atoms with van der Waals surface area (Å²) in [6, 6.07) is 0. The first kappa shape index (κ1) is 5.04. The van der Waals surface area contributed by atoms with Gasteiger partial charge in [0, 0.05) is 5.92 Å². The minimum absolute atomic E-state index is 0.704. The fraction of sp³-hybridized carbons (Fsp3) is 0.222.